The molecule has 1 saturated heterocycles. The zero-order chi connectivity index (χ0) is 12.9. The summed E-state index contributed by atoms with van der Waals surface area (Å²) in [6.07, 6.45) is 1.76. The third kappa shape index (κ3) is 1.38. The molecule has 0 bridgehead atoms. The standard InChI is InChI=1S/C12H10BFN2O2/c13-12(4-10(17)16-11(12)18)8-5-15-9-2-1-6(14)3-7(8)9/h1-3,5,15H,4,13H2,(H,16,17,18)/t12-/m1/s1. The van der Waals surface area contributed by atoms with E-state index < -0.39 is 5.31 Å². The van der Waals surface area contributed by atoms with E-state index in [1.165, 1.54) is 12.1 Å². The number of carbonyl (C=O) groups excluding carboxylic acids is 2. The van der Waals surface area contributed by atoms with Gasteiger partial charge < -0.3 is 4.98 Å². The molecule has 18 heavy (non-hydrogen) atoms. The van der Waals surface area contributed by atoms with Crippen LogP contribution in [0.4, 0.5) is 4.39 Å². The molecule has 2 amide bonds. The lowest BCUT2D eigenvalue weighted by Gasteiger charge is -2.18. The van der Waals surface area contributed by atoms with E-state index in [-0.39, 0.29) is 24.1 Å². The molecular weight excluding hydrogens is 234 g/mol. The molecule has 3 rings (SSSR count). The lowest BCUT2D eigenvalue weighted by atomic mass is 9.63. The molecule has 2 N–H and O–H groups in total. The van der Waals surface area contributed by atoms with Crippen LogP contribution in [-0.2, 0) is 14.9 Å². The first-order chi connectivity index (χ1) is 8.50. The molecular formula is C12H10BFN2O2. The molecule has 1 aliphatic rings. The second-order valence-electron chi connectivity index (χ2n) is 4.78. The first-order valence-corrected chi connectivity index (χ1v) is 5.62. The summed E-state index contributed by atoms with van der Waals surface area (Å²) in [6.45, 7) is 0. The van der Waals surface area contributed by atoms with Crippen molar-refractivity contribution in [2.45, 2.75) is 11.7 Å². The van der Waals surface area contributed by atoms with Crippen LogP contribution in [0.1, 0.15) is 12.0 Å². The Morgan fingerprint density at radius 1 is 1.33 bits per heavy atom. The summed E-state index contributed by atoms with van der Waals surface area (Å²) in [4.78, 5) is 26.2. The van der Waals surface area contributed by atoms with Gasteiger partial charge in [0.2, 0.25) is 11.8 Å². The van der Waals surface area contributed by atoms with Crippen molar-refractivity contribution < 1.29 is 14.0 Å². The second kappa shape index (κ2) is 3.44. The number of rotatable bonds is 1. The van der Waals surface area contributed by atoms with Crippen molar-refractivity contribution in [1.29, 1.82) is 0 Å². The number of hydrogen-bond donors (Lipinski definition) is 2. The summed E-state index contributed by atoms with van der Waals surface area (Å²) in [6, 6.07) is 4.35. The SMILES string of the molecule is B[C@@]1(c2c[nH]c3ccc(F)cc23)CC(=O)NC1=O. The molecule has 0 aliphatic carbocycles. The van der Waals surface area contributed by atoms with Crippen LogP contribution < -0.4 is 5.32 Å². The zero-order valence-electron chi connectivity index (χ0n) is 9.71. The van der Waals surface area contributed by atoms with Crippen LogP contribution in [0.15, 0.2) is 24.4 Å². The van der Waals surface area contributed by atoms with Gasteiger partial charge in [-0.05, 0) is 23.8 Å². The Labute approximate surface area is 103 Å². The molecule has 1 fully saturated rings. The van der Waals surface area contributed by atoms with Gasteiger partial charge in [0.25, 0.3) is 0 Å². The van der Waals surface area contributed by atoms with Gasteiger partial charge in [-0.3, -0.25) is 14.9 Å². The predicted octanol–water partition coefficient (Wildman–Crippen LogP) is 0.182. The minimum atomic E-state index is -0.927. The molecule has 2 aromatic rings. The average molecular weight is 244 g/mol. The van der Waals surface area contributed by atoms with Crippen molar-refractivity contribution in [3.05, 3.63) is 35.8 Å². The van der Waals surface area contributed by atoms with E-state index >= 15 is 0 Å². The highest BCUT2D eigenvalue weighted by Gasteiger charge is 2.44. The Bertz CT molecular complexity index is 682. The third-order valence-corrected chi connectivity index (χ3v) is 3.51. The van der Waals surface area contributed by atoms with E-state index in [1.54, 1.807) is 20.1 Å². The molecule has 4 nitrogen and oxygen atoms in total. The first-order valence-electron chi connectivity index (χ1n) is 5.62. The van der Waals surface area contributed by atoms with Crippen LogP contribution >= 0.6 is 0 Å². The van der Waals surface area contributed by atoms with Crippen LogP contribution in [0.25, 0.3) is 10.9 Å². The van der Waals surface area contributed by atoms with Crippen molar-refractivity contribution >= 4 is 30.6 Å². The number of halogens is 1. The van der Waals surface area contributed by atoms with E-state index in [4.69, 9.17) is 0 Å². The number of benzene rings is 1. The van der Waals surface area contributed by atoms with Gasteiger partial charge in [-0.2, -0.15) is 0 Å². The molecule has 2 heterocycles. The van der Waals surface area contributed by atoms with Gasteiger partial charge in [0.05, 0.1) is 5.31 Å². The van der Waals surface area contributed by atoms with E-state index in [9.17, 15) is 14.0 Å². The summed E-state index contributed by atoms with van der Waals surface area (Å²) in [5, 5.41) is 2.00. The number of aromatic amines is 1. The van der Waals surface area contributed by atoms with Crippen LogP contribution in [0.2, 0.25) is 0 Å². The molecule has 1 aliphatic heterocycles. The predicted molar refractivity (Wildman–Crippen MR) is 66.2 cm³/mol. The van der Waals surface area contributed by atoms with Gasteiger partial charge >= 0.3 is 0 Å². The topological polar surface area (TPSA) is 62.0 Å². The van der Waals surface area contributed by atoms with E-state index in [0.717, 1.165) is 5.52 Å². The maximum atomic E-state index is 13.3. The van der Waals surface area contributed by atoms with Crippen molar-refractivity contribution in [2.24, 2.45) is 0 Å². The number of fused-ring (bicyclic) bond motifs is 1. The lowest BCUT2D eigenvalue weighted by molar-refractivity contribution is -0.125. The fourth-order valence-corrected chi connectivity index (χ4v) is 2.48. The Morgan fingerprint density at radius 2 is 2.11 bits per heavy atom. The molecule has 0 spiro atoms. The molecule has 0 saturated carbocycles. The van der Waals surface area contributed by atoms with Gasteiger partial charge in [0.1, 0.15) is 13.7 Å². The van der Waals surface area contributed by atoms with E-state index in [2.05, 4.69) is 10.3 Å². The van der Waals surface area contributed by atoms with Crippen LogP contribution in [0, 0.1) is 5.82 Å². The second-order valence-corrected chi connectivity index (χ2v) is 4.78. The van der Waals surface area contributed by atoms with Gasteiger partial charge in [-0.1, -0.05) is 0 Å². The van der Waals surface area contributed by atoms with Gasteiger partial charge in [0.15, 0.2) is 0 Å². The van der Waals surface area contributed by atoms with Crippen molar-refractivity contribution in [1.82, 2.24) is 10.3 Å². The first kappa shape index (κ1) is 11.0. The lowest BCUT2D eigenvalue weighted by Crippen LogP contribution is -2.35. The Hall–Kier alpha value is -2.11. The quantitative estimate of drug-likeness (QED) is 0.555. The highest BCUT2D eigenvalue weighted by atomic mass is 19.1. The summed E-state index contributed by atoms with van der Waals surface area (Å²) >= 11 is 0. The number of carbonyl (C=O) groups is 2. The summed E-state index contributed by atoms with van der Waals surface area (Å²) in [5.41, 5.74) is 1.40. The maximum absolute atomic E-state index is 13.3. The number of hydrogen-bond acceptors (Lipinski definition) is 2. The monoisotopic (exact) mass is 244 g/mol. The average Bonchev–Trinajstić information content (AvgIpc) is 2.81. The molecule has 0 radical (unpaired) electrons. The number of H-pyrrole nitrogens is 1. The number of nitrogens with one attached hydrogen (secondary N) is 2. The van der Waals surface area contributed by atoms with Crippen molar-refractivity contribution in [2.75, 3.05) is 0 Å². The molecule has 6 heteroatoms. The minimum absolute atomic E-state index is 0.0926. The molecule has 1 aromatic heterocycles. The van der Waals surface area contributed by atoms with Crippen molar-refractivity contribution in [3.63, 3.8) is 0 Å². The zero-order valence-corrected chi connectivity index (χ0v) is 9.71. The fraction of sp³-hybridized carbons (Fsp3) is 0.167. The maximum Gasteiger partial charge on any atom is 0.229 e. The highest BCUT2D eigenvalue weighted by molar-refractivity contribution is 6.35. The fourth-order valence-electron chi connectivity index (χ4n) is 2.48. The molecule has 90 valence electrons. The van der Waals surface area contributed by atoms with Gasteiger partial charge in [-0.15, -0.1) is 0 Å². The number of aromatic nitrogens is 1. The Kier molecular flexibility index (Phi) is 2.11. The smallest absolute Gasteiger partial charge is 0.229 e. The number of amides is 2. The van der Waals surface area contributed by atoms with E-state index in [1.807, 2.05) is 0 Å². The summed E-state index contributed by atoms with van der Waals surface area (Å²) in [7, 11) is 1.70. The van der Waals surface area contributed by atoms with Crippen LogP contribution in [-0.4, -0.2) is 24.6 Å². The van der Waals surface area contributed by atoms with Crippen molar-refractivity contribution in [3.8, 4) is 0 Å². The summed E-state index contributed by atoms with van der Waals surface area (Å²) in [5.74, 6) is -0.998. The summed E-state index contributed by atoms with van der Waals surface area (Å²) < 4.78 is 13.3. The highest BCUT2D eigenvalue weighted by Crippen LogP contribution is 2.34. The molecule has 0 unspecified atom stereocenters. The number of imide groups is 1. The molecule has 1 atom stereocenters. The third-order valence-electron chi connectivity index (χ3n) is 3.51. The largest absolute Gasteiger partial charge is 0.361 e. The molecule has 1 aromatic carbocycles. The van der Waals surface area contributed by atoms with Crippen LogP contribution in [0.3, 0.4) is 0 Å². The normalized spacial score (nSPS) is 23.6. The van der Waals surface area contributed by atoms with Crippen LogP contribution in [0.5, 0.6) is 0 Å². The Morgan fingerprint density at radius 3 is 2.78 bits per heavy atom. The minimum Gasteiger partial charge on any atom is -0.361 e. The van der Waals surface area contributed by atoms with E-state index in [0.29, 0.717) is 10.9 Å². The van der Waals surface area contributed by atoms with Gasteiger partial charge in [-0.25, -0.2) is 4.39 Å². The Balaban J connectivity index is 2.23. The van der Waals surface area contributed by atoms with Gasteiger partial charge in [0, 0.05) is 23.5 Å².